The Balaban J connectivity index is 2.68. The molecule has 0 fully saturated rings. The average Bonchev–Trinajstić information content (AvgIpc) is 2.36. The normalized spacial score (nSPS) is 12.4. The number of amides is 2. The van der Waals surface area contributed by atoms with E-state index in [1.54, 1.807) is 13.0 Å². The van der Waals surface area contributed by atoms with Crippen LogP contribution in [0.1, 0.15) is 43.7 Å². The fourth-order valence-corrected chi connectivity index (χ4v) is 1.61. The van der Waals surface area contributed by atoms with Gasteiger partial charge in [0.25, 0.3) is 5.91 Å². The van der Waals surface area contributed by atoms with Crippen molar-refractivity contribution in [2.24, 2.45) is 5.73 Å². The fourth-order valence-electron chi connectivity index (χ4n) is 1.49. The largest absolute Gasteiger partial charge is 0.389 e. The van der Waals surface area contributed by atoms with Crippen molar-refractivity contribution in [2.45, 2.75) is 39.3 Å². The number of nitrogens with two attached hydrogens (primary N) is 1. The maximum absolute atomic E-state index is 12.0. The molecular formula is C14H20N4O2S. The first-order valence-electron chi connectivity index (χ1n) is 6.49. The van der Waals surface area contributed by atoms with Crippen molar-refractivity contribution in [3.05, 3.63) is 29.6 Å². The van der Waals surface area contributed by atoms with Crippen LogP contribution in [0.2, 0.25) is 0 Å². The second-order valence-electron chi connectivity index (χ2n) is 5.73. The van der Waals surface area contributed by atoms with Gasteiger partial charge < -0.3 is 16.4 Å². The molecule has 7 heteroatoms. The lowest BCUT2D eigenvalue weighted by molar-refractivity contribution is -0.124. The van der Waals surface area contributed by atoms with Crippen molar-refractivity contribution in [1.82, 2.24) is 15.6 Å². The first-order chi connectivity index (χ1) is 9.60. The molecule has 0 aliphatic rings. The summed E-state index contributed by atoms with van der Waals surface area (Å²) in [5.74, 6) is -0.684. The van der Waals surface area contributed by atoms with Gasteiger partial charge in [0, 0.05) is 17.3 Å². The van der Waals surface area contributed by atoms with Crippen LogP contribution in [0.15, 0.2) is 18.3 Å². The minimum Gasteiger partial charge on any atom is -0.389 e. The number of rotatable bonds is 4. The van der Waals surface area contributed by atoms with E-state index in [1.165, 1.54) is 12.3 Å². The number of hydrogen-bond donors (Lipinski definition) is 3. The molecule has 1 unspecified atom stereocenters. The summed E-state index contributed by atoms with van der Waals surface area (Å²) in [4.78, 5) is 28.1. The molecule has 2 amide bonds. The zero-order valence-corrected chi connectivity index (χ0v) is 13.4. The SMILES string of the molecule is CC(NC(=O)c1ccc(C(N)=S)cn1)C(=O)NC(C)(C)C. The monoisotopic (exact) mass is 308 g/mol. The minimum atomic E-state index is -0.659. The van der Waals surface area contributed by atoms with Gasteiger partial charge in [-0.05, 0) is 39.8 Å². The van der Waals surface area contributed by atoms with Gasteiger partial charge >= 0.3 is 0 Å². The van der Waals surface area contributed by atoms with Crippen molar-refractivity contribution in [2.75, 3.05) is 0 Å². The van der Waals surface area contributed by atoms with Crippen LogP contribution < -0.4 is 16.4 Å². The molecule has 4 N–H and O–H groups in total. The Morgan fingerprint density at radius 1 is 1.33 bits per heavy atom. The van der Waals surface area contributed by atoms with Gasteiger partial charge in [-0.2, -0.15) is 0 Å². The number of carbonyl (C=O) groups is 2. The summed E-state index contributed by atoms with van der Waals surface area (Å²) in [6, 6.07) is 2.47. The topological polar surface area (TPSA) is 97.1 Å². The third-order valence-corrected chi connectivity index (χ3v) is 2.76. The Kier molecular flexibility index (Phi) is 5.37. The van der Waals surface area contributed by atoms with E-state index in [0.717, 1.165) is 0 Å². The molecular weight excluding hydrogens is 288 g/mol. The fraction of sp³-hybridized carbons (Fsp3) is 0.429. The predicted molar refractivity (Wildman–Crippen MR) is 84.9 cm³/mol. The maximum Gasteiger partial charge on any atom is 0.270 e. The van der Waals surface area contributed by atoms with E-state index in [0.29, 0.717) is 5.56 Å². The highest BCUT2D eigenvalue weighted by atomic mass is 32.1. The van der Waals surface area contributed by atoms with Crippen molar-refractivity contribution >= 4 is 29.0 Å². The summed E-state index contributed by atoms with van der Waals surface area (Å²) in [6.45, 7) is 7.22. The Labute approximate surface area is 129 Å². The van der Waals surface area contributed by atoms with Gasteiger partial charge in [0.05, 0.1) is 0 Å². The highest BCUT2D eigenvalue weighted by Gasteiger charge is 2.21. The molecule has 0 saturated heterocycles. The smallest absolute Gasteiger partial charge is 0.270 e. The number of carbonyl (C=O) groups excluding carboxylic acids is 2. The zero-order chi connectivity index (χ0) is 16.2. The van der Waals surface area contributed by atoms with E-state index < -0.39 is 11.9 Å². The van der Waals surface area contributed by atoms with Gasteiger partial charge in [-0.25, -0.2) is 0 Å². The molecule has 1 heterocycles. The molecule has 0 spiro atoms. The molecule has 0 aliphatic heterocycles. The first-order valence-corrected chi connectivity index (χ1v) is 6.90. The number of nitrogens with zero attached hydrogens (tertiary/aromatic N) is 1. The van der Waals surface area contributed by atoms with Crippen LogP contribution in [0.4, 0.5) is 0 Å². The van der Waals surface area contributed by atoms with E-state index in [2.05, 4.69) is 15.6 Å². The van der Waals surface area contributed by atoms with Gasteiger partial charge in [-0.1, -0.05) is 12.2 Å². The molecule has 0 radical (unpaired) electrons. The number of nitrogens with one attached hydrogen (secondary N) is 2. The molecule has 1 aromatic heterocycles. The molecule has 0 aliphatic carbocycles. The maximum atomic E-state index is 12.0. The van der Waals surface area contributed by atoms with Crippen LogP contribution in [0.3, 0.4) is 0 Å². The average molecular weight is 308 g/mol. The van der Waals surface area contributed by atoms with Gasteiger partial charge in [0.2, 0.25) is 5.91 Å². The van der Waals surface area contributed by atoms with E-state index in [-0.39, 0.29) is 22.1 Å². The minimum absolute atomic E-state index is 0.199. The molecule has 1 atom stereocenters. The lowest BCUT2D eigenvalue weighted by Gasteiger charge is -2.23. The van der Waals surface area contributed by atoms with Crippen LogP contribution in [0.25, 0.3) is 0 Å². The van der Waals surface area contributed by atoms with Crippen molar-refractivity contribution in [1.29, 1.82) is 0 Å². The van der Waals surface area contributed by atoms with Crippen LogP contribution in [-0.4, -0.2) is 33.4 Å². The third-order valence-electron chi connectivity index (χ3n) is 2.52. The molecule has 114 valence electrons. The molecule has 6 nitrogen and oxygen atoms in total. The third kappa shape index (κ3) is 5.47. The highest BCUT2D eigenvalue weighted by Crippen LogP contribution is 2.02. The van der Waals surface area contributed by atoms with Crippen LogP contribution in [0.5, 0.6) is 0 Å². The predicted octanol–water partition coefficient (Wildman–Crippen LogP) is 0.749. The lowest BCUT2D eigenvalue weighted by Crippen LogP contribution is -2.50. The standard InChI is InChI=1S/C14H20N4O2S/c1-8(12(19)18-14(2,3)4)17-13(20)10-6-5-9(7-16-10)11(15)21/h5-8H,1-4H3,(H2,15,21)(H,17,20)(H,18,19). The van der Waals surface area contributed by atoms with Crippen molar-refractivity contribution in [3.8, 4) is 0 Å². The van der Waals surface area contributed by atoms with Crippen LogP contribution in [-0.2, 0) is 4.79 Å². The Bertz CT molecular complexity index is 549. The van der Waals surface area contributed by atoms with E-state index >= 15 is 0 Å². The number of thiocarbonyl (C=S) groups is 1. The molecule has 0 aromatic carbocycles. The zero-order valence-electron chi connectivity index (χ0n) is 12.6. The summed E-state index contributed by atoms with van der Waals surface area (Å²) in [5.41, 5.74) is 5.89. The van der Waals surface area contributed by atoms with Crippen molar-refractivity contribution < 1.29 is 9.59 Å². The van der Waals surface area contributed by atoms with E-state index in [4.69, 9.17) is 18.0 Å². The molecule has 0 saturated carbocycles. The molecule has 21 heavy (non-hydrogen) atoms. The summed E-state index contributed by atoms with van der Waals surface area (Å²) in [7, 11) is 0. The summed E-state index contributed by atoms with van der Waals surface area (Å²) in [6.07, 6.45) is 1.43. The molecule has 0 bridgehead atoms. The van der Waals surface area contributed by atoms with Gasteiger partial charge in [-0.15, -0.1) is 0 Å². The second-order valence-corrected chi connectivity index (χ2v) is 6.17. The number of hydrogen-bond acceptors (Lipinski definition) is 4. The van der Waals surface area contributed by atoms with Crippen LogP contribution >= 0.6 is 12.2 Å². The second kappa shape index (κ2) is 6.62. The van der Waals surface area contributed by atoms with E-state index in [1.807, 2.05) is 20.8 Å². The quantitative estimate of drug-likeness (QED) is 0.713. The molecule has 1 aromatic rings. The Morgan fingerprint density at radius 2 is 1.95 bits per heavy atom. The summed E-state index contributed by atoms with van der Waals surface area (Å²) in [5, 5.41) is 5.38. The Morgan fingerprint density at radius 3 is 2.38 bits per heavy atom. The van der Waals surface area contributed by atoms with Crippen molar-refractivity contribution in [3.63, 3.8) is 0 Å². The summed E-state index contributed by atoms with van der Waals surface area (Å²) >= 11 is 4.81. The van der Waals surface area contributed by atoms with E-state index in [9.17, 15) is 9.59 Å². The van der Waals surface area contributed by atoms with Gasteiger partial charge in [-0.3, -0.25) is 14.6 Å². The van der Waals surface area contributed by atoms with Crippen LogP contribution in [0, 0.1) is 0 Å². The number of aromatic nitrogens is 1. The first kappa shape index (κ1) is 17.0. The summed E-state index contributed by atoms with van der Waals surface area (Å²) < 4.78 is 0. The number of pyridine rings is 1. The lowest BCUT2D eigenvalue weighted by atomic mass is 10.1. The van der Waals surface area contributed by atoms with Gasteiger partial charge in [0.1, 0.15) is 16.7 Å². The van der Waals surface area contributed by atoms with Gasteiger partial charge in [0.15, 0.2) is 0 Å². The Hall–Kier alpha value is -2.02. The highest BCUT2D eigenvalue weighted by molar-refractivity contribution is 7.80. The molecule has 1 rings (SSSR count).